The van der Waals surface area contributed by atoms with E-state index in [1.54, 1.807) is 94.5 Å². The molecule has 1 rings (SSSR count). The average Bonchev–Trinajstić information content (AvgIpc) is 2.55. The molecular weight excluding hydrogens is 590 g/mol. The zero-order valence-corrected chi connectivity index (χ0v) is 27.9. The number of carbonyl (C=O) groups excluding carboxylic acids is 4. The molecule has 0 aliphatic carbocycles. The predicted molar refractivity (Wildman–Crippen MR) is 141 cm³/mol. The fourth-order valence-electron chi connectivity index (χ4n) is 3.10. The van der Waals surface area contributed by atoms with Crippen molar-refractivity contribution in [1.82, 2.24) is 0 Å². The summed E-state index contributed by atoms with van der Waals surface area (Å²) in [5.41, 5.74) is 0.163. The summed E-state index contributed by atoms with van der Waals surface area (Å²) in [6, 6.07) is 0. The Kier molecular flexibility index (Phi) is 10.00. The van der Waals surface area contributed by atoms with Crippen LogP contribution >= 0.6 is 0 Å². The quantitative estimate of drug-likeness (QED) is 0.256. The van der Waals surface area contributed by atoms with E-state index in [1.807, 2.05) is 0 Å². The number of carbonyl (C=O) groups is 4. The van der Waals surface area contributed by atoms with Crippen LogP contribution in [0.5, 0.6) is 0 Å². The molecule has 0 aromatic carbocycles. The van der Waals surface area contributed by atoms with Crippen molar-refractivity contribution >= 4 is 53.2 Å². The maximum absolute atomic E-state index is 13.5. The summed E-state index contributed by atoms with van der Waals surface area (Å²) < 4.78 is 23.4. The maximum atomic E-state index is 13.5. The van der Waals surface area contributed by atoms with E-state index in [0.29, 0.717) is 0 Å². The molecule has 10 heteroatoms. The van der Waals surface area contributed by atoms with Crippen molar-refractivity contribution < 1.29 is 38.1 Å². The second-order valence-corrected chi connectivity index (χ2v) is 21.0. The van der Waals surface area contributed by atoms with E-state index >= 15 is 0 Å². The summed E-state index contributed by atoms with van der Waals surface area (Å²) in [6.07, 6.45) is 0. The standard InChI is InChI=1S/C26H42As2O8/c1-23(2,3)33-19(29)15-16(20(30)34-24(4,5)6)28(14)18(22(32)36-26(10,11)12)17(27(15)13)21(31)35-25(7,8)9/h1-14H3. The summed E-state index contributed by atoms with van der Waals surface area (Å²) in [7, 11) is 0. The minimum atomic E-state index is -2.87. The van der Waals surface area contributed by atoms with Gasteiger partial charge in [0.25, 0.3) is 0 Å². The molecular formula is C26H42As2O8. The molecule has 0 saturated heterocycles. The SMILES string of the molecule is C[As]1C(C(=O)OC(C)(C)C)=C(C(=O)OC(C)(C)C)[As](C)C(C(=O)OC(C)(C)C)=C1C(=O)OC(C)(C)C. The molecule has 0 N–H and O–H groups in total. The molecule has 0 saturated carbocycles. The van der Waals surface area contributed by atoms with Crippen molar-refractivity contribution in [3.05, 3.63) is 17.4 Å². The summed E-state index contributed by atoms with van der Waals surface area (Å²) in [5.74, 6) is -2.68. The van der Waals surface area contributed by atoms with E-state index in [0.717, 1.165) is 0 Å². The molecule has 0 amide bonds. The monoisotopic (exact) mass is 632 g/mol. The second kappa shape index (κ2) is 11.1. The van der Waals surface area contributed by atoms with Gasteiger partial charge in [-0.2, -0.15) is 0 Å². The Balaban J connectivity index is 3.95. The van der Waals surface area contributed by atoms with Gasteiger partial charge in [0.15, 0.2) is 0 Å². The van der Waals surface area contributed by atoms with Crippen molar-refractivity contribution in [3.63, 3.8) is 0 Å². The van der Waals surface area contributed by atoms with E-state index in [9.17, 15) is 19.2 Å². The molecule has 1 aliphatic heterocycles. The molecule has 204 valence electrons. The number of ether oxygens (including phenoxy) is 4. The van der Waals surface area contributed by atoms with Gasteiger partial charge in [-0.05, 0) is 0 Å². The summed E-state index contributed by atoms with van der Waals surface area (Å²) in [4.78, 5) is 54.0. The van der Waals surface area contributed by atoms with Gasteiger partial charge in [0.2, 0.25) is 0 Å². The van der Waals surface area contributed by atoms with Crippen LogP contribution < -0.4 is 0 Å². The first kappa shape index (κ1) is 32.5. The van der Waals surface area contributed by atoms with E-state index in [1.165, 1.54) is 0 Å². The third-order valence-corrected chi connectivity index (χ3v) is 14.9. The van der Waals surface area contributed by atoms with Crippen molar-refractivity contribution in [2.75, 3.05) is 0 Å². The molecule has 0 aromatic rings. The number of hydrogen-bond donors (Lipinski definition) is 0. The zero-order valence-electron chi connectivity index (χ0n) is 24.2. The van der Waals surface area contributed by atoms with Crippen LogP contribution in [0.3, 0.4) is 0 Å². The molecule has 8 nitrogen and oxygen atoms in total. The fourth-order valence-corrected chi connectivity index (χ4v) is 16.7. The van der Waals surface area contributed by atoms with Gasteiger partial charge in [-0.3, -0.25) is 0 Å². The first-order valence-corrected chi connectivity index (χ1v) is 19.2. The second-order valence-electron chi connectivity index (χ2n) is 12.5. The van der Waals surface area contributed by atoms with Gasteiger partial charge in [0.05, 0.1) is 0 Å². The molecule has 0 aromatic heterocycles. The number of hydrogen-bond acceptors (Lipinski definition) is 8. The van der Waals surface area contributed by atoms with Gasteiger partial charge >= 0.3 is 226 Å². The fraction of sp³-hybridized carbons (Fsp3) is 0.692. The molecule has 1 heterocycles. The Morgan fingerprint density at radius 3 is 0.667 bits per heavy atom. The Morgan fingerprint density at radius 2 is 0.556 bits per heavy atom. The van der Waals surface area contributed by atoms with Crippen molar-refractivity contribution in [2.24, 2.45) is 0 Å². The van der Waals surface area contributed by atoms with Crippen LogP contribution in [0.2, 0.25) is 11.4 Å². The first-order chi connectivity index (χ1) is 15.8. The van der Waals surface area contributed by atoms with E-state index < -0.39 is 75.6 Å². The number of rotatable bonds is 4. The Morgan fingerprint density at radius 1 is 0.417 bits per heavy atom. The van der Waals surface area contributed by atoms with Crippen LogP contribution in [-0.2, 0) is 38.1 Å². The third-order valence-electron chi connectivity index (χ3n) is 4.16. The van der Waals surface area contributed by atoms with Crippen LogP contribution in [0.25, 0.3) is 0 Å². The van der Waals surface area contributed by atoms with Crippen LogP contribution in [0, 0.1) is 0 Å². The summed E-state index contributed by atoms with van der Waals surface area (Å²) in [5, 5.41) is 0. The summed E-state index contributed by atoms with van der Waals surface area (Å²) >= 11 is -5.73. The van der Waals surface area contributed by atoms with Gasteiger partial charge in [-0.25, -0.2) is 0 Å². The van der Waals surface area contributed by atoms with Crippen LogP contribution in [0.15, 0.2) is 17.4 Å². The van der Waals surface area contributed by atoms with Crippen LogP contribution in [0.1, 0.15) is 83.1 Å². The number of esters is 4. The first-order valence-electron chi connectivity index (χ1n) is 11.7. The molecule has 0 radical (unpaired) electrons. The van der Waals surface area contributed by atoms with Gasteiger partial charge in [0, 0.05) is 0 Å². The Bertz CT molecular complexity index is 823. The van der Waals surface area contributed by atoms with E-state index in [-0.39, 0.29) is 17.4 Å². The Labute approximate surface area is 225 Å². The summed E-state index contributed by atoms with van der Waals surface area (Å²) in [6.45, 7) is 20.7. The minimum absolute atomic E-state index is 0.169. The van der Waals surface area contributed by atoms with E-state index in [4.69, 9.17) is 18.9 Å². The van der Waals surface area contributed by atoms with Gasteiger partial charge in [-0.15, -0.1) is 0 Å². The van der Waals surface area contributed by atoms with Crippen LogP contribution in [0.4, 0.5) is 0 Å². The van der Waals surface area contributed by atoms with Crippen molar-refractivity contribution in [3.8, 4) is 0 Å². The molecule has 1 aliphatic rings. The molecule has 0 fully saturated rings. The Hall–Kier alpha value is -1.52. The van der Waals surface area contributed by atoms with Crippen molar-refractivity contribution in [2.45, 2.75) is 117 Å². The topological polar surface area (TPSA) is 105 Å². The van der Waals surface area contributed by atoms with Gasteiger partial charge in [0.1, 0.15) is 0 Å². The molecule has 36 heavy (non-hydrogen) atoms. The molecule has 0 bridgehead atoms. The third kappa shape index (κ3) is 9.41. The van der Waals surface area contributed by atoms with Gasteiger partial charge < -0.3 is 0 Å². The van der Waals surface area contributed by atoms with Crippen LogP contribution in [-0.4, -0.2) is 75.6 Å². The van der Waals surface area contributed by atoms with Gasteiger partial charge in [-0.1, -0.05) is 0 Å². The predicted octanol–water partition coefficient (Wildman–Crippen LogP) is 4.37. The normalized spacial score (nSPS) is 19.6. The van der Waals surface area contributed by atoms with E-state index in [2.05, 4.69) is 0 Å². The molecule has 0 spiro atoms. The molecule has 0 atom stereocenters. The average molecular weight is 632 g/mol. The van der Waals surface area contributed by atoms with Crippen molar-refractivity contribution in [1.29, 1.82) is 0 Å². The zero-order chi connectivity index (χ0) is 28.6. The molecule has 0 unspecified atom stereocenters.